The van der Waals surface area contributed by atoms with E-state index in [1.54, 1.807) is 31.1 Å². The van der Waals surface area contributed by atoms with Crippen LogP contribution >= 0.6 is 0 Å². The molecule has 0 unspecified atom stereocenters. The molecule has 0 bridgehead atoms. The topological polar surface area (TPSA) is 81.8 Å². The van der Waals surface area contributed by atoms with Crippen molar-refractivity contribution in [1.82, 2.24) is 19.8 Å². The van der Waals surface area contributed by atoms with E-state index in [0.29, 0.717) is 42.6 Å². The first kappa shape index (κ1) is 20.6. The number of hydrogen-bond donors (Lipinski definition) is 1. The largest absolute Gasteiger partial charge is 0.475 e. The van der Waals surface area contributed by atoms with Gasteiger partial charge in [0.2, 0.25) is 5.88 Å². The van der Waals surface area contributed by atoms with E-state index in [0.717, 1.165) is 36.5 Å². The van der Waals surface area contributed by atoms with Gasteiger partial charge in [0.05, 0.1) is 18.5 Å². The Morgan fingerprint density at radius 2 is 2.20 bits per heavy atom. The van der Waals surface area contributed by atoms with Crippen molar-refractivity contribution in [2.45, 2.75) is 19.5 Å². The number of rotatable bonds is 7. The standard InChI is InChI=1S/C22H28N4O4/c1-15-12-23-6-7-26(15)13-17-11-18-21(30-17)19(14-25(2)22(18)27)16-4-5-24-20(10-16)29-9-8-28-3/h4-5,10-11,14-15,23H,6-9,12-13H2,1-3H3/t15-/m1/s1. The van der Waals surface area contributed by atoms with E-state index >= 15 is 0 Å². The van der Waals surface area contributed by atoms with E-state index in [-0.39, 0.29) is 5.56 Å². The van der Waals surface area contributed by atoms with Crippen LogP contribution in [0, 0.1) is 0 Å². The molecule has 160 valence electrons. The Morgan fingerprint density at radius 1 is 1.33 bits per heavy atom. The Hall–Kier alpha value is -2.68. The molecule has 0 spiro atoms. The summed E-state index contributed by atoms with van der Waals surface area (Å²) in [5.74, 6) is 1.31. The van der Waals surface area contributed by atoms with Crippen LogP contribution in [0.4, 0.5) is 0 Å². The predicted octanol–water partition coefficient (Wildman–Crippen LogP) is 2.01. The molecule has 3 aromatic heterocycles. The van der Waals surface area contributed by atoms with Gasteiger partial charge in [0.25, 0.3) is 5.56 Å². The summed E-state index contributed by atoms with van der Waals surface area (Å²) in [4.78, 5) is 19.4. The van der Waals surface area contributed by atoms with Crippen LogP contribution in [-0.4, -0.2) is 60.5 Å². The number of pyridine rings is 2. The first-order chi connectivity index (χ1) is 14.6. The Kier molecular flexibility index (Phi) is 6.17. The number of piperazine rings is 1. The van der Waals surface area contributed by atoms with E-state index in [1.165, 1.54) is 0 Å². The third-order valence-corrected chi connectivity index (χ3v) is 5.48. The summed E-state index contributed by atoms with van der Waals surface area (Å²) < 4.78 is 18.5. The second kappa shape index (κ2) is 8.99. The number of nitrogens with one attached hydrogen (secondary N) is 1. The lowest BCUT2D eigenvalue weighted by Crippen LogP contribution is -2.49. The minimum absolute atomic E-state index is 0.0669. The highest BCUT2D eigenvalue weighted by Gasteiger charge is 2.21. The zero-order chi connectivity index (χ0) is 21.1. The van der Waals surface area contributed by atoms with Crippen LogP contribution in [0.3, 0.4) is 0 Å². The van der Waals surface area contributed by atoms with Crippen molar-refractivity contribution in [3.63, 3.8) is 0 Å². The van der Waals surface area contributed by atoms with E-state index in [4.69, 9.17) is 13.9 Å². The molecule has 8 nitrogen and oxygen atoms in total. The van der Waals surface area contributed by atoms with Gasteiger partial charge in [-0.05, 0) is 24.6 Å². The van der Waals surface area contributed by atoms with Gasteiger partial charge in [-0.1, -0.05) is 0 Å². The van der Waals surface area contributed by atoms with Crippen LogP contribution < -0.4 is 15.6 Å². The van der Waals surface area contributed by atoms with Gasteiger partial charge < -0.3 is 23.8 Å². The van der Waals surface area contributed by atoms with Gasteiger partial charge in [0, 0.05) is 63.9 Å². The fraction of sp³-hybridized carbons (Fsp3) is 0.455. The van der Waals surface area contributed by atoms with Crippen molar-refractivity contribution in [2.24, 2.45) is 7.05 Å². The van der Waals surface area contributed by atoms with E-state index in [9.17, 15) is 4.79 Å². The summed E-state index contributed by atoms with van der Waals surface area (Å²) in [7, 11) is 3.39. The fourth-order valence-corrected chi connectivity index (χ4v) is 3.79. The lowest BCUT2D eigenvalue weighted by molar-refractivity contribution is 0.144. The summed E-state index contributed by atoms with van der Waals surface area (Å²) in [6, 6.07) is 6.05. The molecule has 8 heteroatoms. The Bertz CT molecular complexity index is 1070. The van der Waals surface area contributed by atoms with Crippen LogP contribution in [0.1, 0.15) is 12.7 Å². The van der Waals surface area contributed by atoms with E-state index in [2.05, 4.69) is 22.1 Å². The number of ether oxygens (including phenoxy) is 2. The molecule has 1 aliphatic rings. The second-order valence-corrected chi connectivity index (χ2v) is 7.66. The quantitative estimate of drug-likeness (QED) is 0.595. The van der Waals surface area contributed by atoms with E-state index < -0.39 is 0 Å². The highest BCUT2D eigenvalue weighted by Crippen LogP contribution is 2.31. The SMILES string of the molecule is COCCOc1cc(-c2cn(C)c(=O)c3cc(CN4CCNC[C@H]4C)oc23)ccn1. The van der Waals surface area contributed by atoms with Crippen molar-refractivity contribution < 1.29 is 13.9 Å². The summed E-state index contributed by atoms with van der Waals surface area (Å²) in [6.07, 6.45) is 3.50. The van der Waals surface area contributed by atoms with Crippen molar-refractivity contribution >= 4 is 11.0 Å². The fourth-order valence-electron chi connectivity index (χ4n) is 3.79. The van der Waals surface area contributed by atoms with Crippen LogP contribution in [-0.2, 0) is 18.3 Å². The molecular formula is C22H28N4O4. The predicted molar refractivity (Wildman–Crippen MR) is 115 cm³/mol. The average molecular weight is 412 g/mol. The van der Waals surface area contributed by atoms with E-state index in [1.807, 2.05) is 18.2 Å². The molecule has 1 aliphatic heterocycles. The van der Waals surface area contributed by atoms with Gasteiger partial charge in [0.15, 0.2) is 0 Å². The third kappa shape index (κ3) is 4.26. The molecule has 1 fully saturated rings. The number of hydrogen-bond acceptors (Lipinski definition) is 7. The number of fused-ring (bicyclic) bond motifs is 1. The molecule has 1 atom stereocenters. The van der Waals surface area contributed by atoms with Crippen molar-refractivity contribution in [3.8, 4) is 17.0 Å². The molecular weight excluding hydrogens is 384 g/mol. The van der Waals surface area contributed by atoms with Gasteiger partial charge in [-0.2, -0.15) is 0 Å². The van der Waals surface area contributed by atoms with Crippen LogP contribution in [0.15, 0.2) is 39.8 Å². The molecule has 0 amide bonds. The normalized spacial score (nSPS) is 17.5. The number of methoxy groups -OCH3 is 1. The molecule has 3 aromatic rings. The van der Waals surface area contributed by atoms with Gasteiger partial charge in [-0.25, -0.2) is 4.98 Å². The highest BCUT2D eigenvalue weighted by atomic mass is 16.5. The maximum atomic E-state index is 12.8. The molecule has 0 aromatic carbocycles. The number of aromatic nitrogens is 2. The Morgan fingerprint density at radius 3 is 3.00 bits per heavy atom. The maximum Gasteiger partial charge on any atom is 0.261 e. The Balaban J connectivity index is 1.70. The molecule has 4 rings (SSSR count). The lowest BCUT2D eigenvalue weighted by Gasteiger charge is -2.33. The summed E-state index contributed by atoms with van der Waals surface area (Å²) in [5, 5.41) is 3.99. The second-order valence-electron chi connectivity index (χ2n) is 7.66. The first-order valence-corrected chi connectivity index (χ1v) is 10.2. The molecule has 0 saturated carbocycles. The summed E-state index contributed by atoms with van der Waals surface area (Å²) >= 11 is 0. The van der Waals surface area contributed by atoms with Crippen molar-refractivity contribution in [2.75, 3.05) is 40.0 Å². The van der Waals surface area contributed by atoms with Gasteiger partial charge >= 0.3 is 0 Å². The number of furan rings is 1. The lowest BCUT2D eigenvalue weighted by atomic mass is 10.1. The van der Waals surface area contributed by atoms with Crippen molar-refractivity contribution in [3.05, 3.63) is 46.7 Å². The Labute approximate surface area is 175 Å². The average Bonchev–Trinajstić information content (AvgIpc) is 3.17. The van der Waals surface area contributed by atoms with Crippen LogP contribution in [0.25, 0.3) is 22.1 Å². The van der Waals surface area contributed by atoms with Gasteiger partial charge in [-0.15, -0.1) is 0 Å². The molecule has 4 heterocycles. The van der Waals surface area contributed by atoms with Gasteiger partial charge in [-0.3, -0.25) is 9.69 Å². The van der Waals surface area contributed by atoms with Gasteiger partial charge in [0.1, 0.15) is 18.0 Å². The minimum atomic E-state index is -0.0669. The molecule has 0 radical (unpaired) electrons. The van der Waals surface area contributed by atoms with Crippen LogP contribution in [0.2, 0.25) is 0 Å². The maximum absolute atomic E-state index is 12.8. The first-order valence-electron chi connectivity index (χ1n) is 10.2. The summed E-state index contributed by atoms with van der Waals surface area (Å²) in [5.41, 5.74) is 2.26. The zero-order valence-corrected chi connectivity index (χ0v) is 17.7. The summed E-state index contributed by atoms with van der Waals surface area (Å²) in [6.45, 7) is 6.65. The zero-order valence-electron chi connectivity index (χ0n) is 17.7. The third-order valence-electron chi connectivity index (χ3n) is 5.48. The smallest absolute Gasteiger partial charge is 0.261 e. The molecule has 1 saturated heterocycles. The molecule has 30 heavy (non-hydrogen) atoms. The van der Waals surface area contributed by atoms with Crippen molar-refractivity contribution in [1.29, 1.82) is 0 Å². The minimum Gasteiger partial charge on any atom is -0.475 e. The molecule has 1 N–H and O–H groups in total. The van der Waals surface area contributed by atoms with Crippen LogP contribution in [0.5, 0.6) is 5.88 Å². The highest BCUT2D eigenvalue weighted by molar-refractivity contribution is 5.92. The number of nitrogens with zero attached hydrogens (tertiary/aromatic N) is 3. The number of aryl methyl sites for hydroxylation is 1. The molecule has 0 aliphatic carbocycles. The monoisotopic (exact) mass is 412 g/mol.